The normalized spacial score (nSPS) is 32.5. The van der Waals surface area contributed by atoms with E-state index in [2.05, 4.69) is 9.97 Å². The van der Waals surface area contributed by atoms with Crippen LogP contribution < -0.4 is 55.3 Å². The molecule has 0 spiro atoms. The second kappa shape index (κ2) is 29.0. The lowest BCUT2D eigenvalue weighted by atomic mass is 9.83. The maximum absolute atomic E-state index is 14.4. The van der Waals surface area contributed by atoms with Crippen LogP contribution in [0.2, 0.25) is 0 Å². The van der Waals surface area contributed by atoms with Crippen LogP contribution in [0.15, 0.2) is 104 Å². The number of hydrogen-bond donors (Lipinski definition) is 9. The van der Waals surface area contributed by atoms with Crippen molar-refractivity contribution in [2.24, 2.45) is 23.7 Å². The van der Waals surface area contributed by atoms with Crippen molar-refractivity contribution in [3.63, 3.8) is 0 Å². The average Bonchev–Trinajstić information content (AvgIpc) is 1.65. The zero-order valence-electron chi connectivity index (χ0n) is 49.1. The van der Waals surface area contributed by atoms with Crippen LogP contribution in [0.5, 0.6) is 6.01 Å². The molecule has 0 saturated carbocycles. The molecule has 5 fully saturated rings. The van der Waals surface area contributed by atoms with E-state index in [9.17, 15) is 80.4 Å². The largest absolute Gasteiger partial charge is 0.461 e. The number of hydrogen-bond acceptors (Lipinski definition) is 21. The van der Waals surface area contributed by atoms with Gasteiger partial charge in [0.25, 0.3) is 27.8 Å². The molecule has 9 N–H and O–H groups in total. The van der Waals surface area contributed by atoms with E-state index in [1.54, 1.807) is 20.8 Å². The number of nitrogens with zero attached hydrogens (tertiary/aromatic N) is 6. The summed E-state index contributed by atoms with van der Waals surface area (Å²) in [5, 5.41) is 45.8. The molecule has 2 bridgehead atoms. The van der Waals surface area contributed by atoms with Gasteiger partial charge in [0.15, 0.2) is 62.0 Å². The summed E-state index contributed by atoms with van der Waals surface area (Å²) in [6.45, 7) is 8.61. The molecule has 6 aliphatic heterocycles. The summed E-state index contributed by atoms with van der Waals surface area (Å²) in [7, 11) is 0. The monoisotopic (exact) mass is 1310 g/mol. The summed E-state index contributed by atoms with van der Waals surface area (Å²) in [6, 6.07) is 5.75. The van der Waals surface area contributed by atoms with Crippen molar-refractivity contribution in [2.45, 2.75) is 151 Å². The molecule has 11 rings (SSSR count). The second-order valence-corrected chi connectivity index (χ2v) is 22.4. The summed E-state index contributed by atoms with van der Waals surface area (Å²) in [4.78, 5) is 113. The molecule has 0 aromatic carbocycles. The van der Waals surface area contributed by atoms with E-state index in [1.807, 2.05) is 28.8 Å². The van der Waals surface area contributed by atoms with Gasteiger partial charge in [0.1, 0.15) is 30.0 Å². The number of H-pyrrole nitrogens is 4. The van der Waals surface area contributed by atoms with Crippen molar-refractivity contribution < 1.29 is 75.9 Å². The summed E-state index contributed by atoms with van der Waals surface area (Å²) in [6.07, 6.45) is -8.69. The fourth-order valence-electron chi connectivity index (χ4n) is 11.1. The average molecular weight is 1310 g/mol. The molecule has 5 aromatic rings. The number of alkyl halides is 6. The molecule has 0 radical (unpaired) electrons. The van der Waals surface area contributed by atoms with Gasteiger partial charge in [-0.05, 0) is 12.8 Å². The minimum absolute atomic E-state index is 0.0778. The van der Waals surface area contributed by atoms with Crippen molar-refractivity contribution in [1.82, 2.24) is 47.8 Å². The number of aliphatic hydroxyl groups excluding tert-OH is 5. The van der Waals surface area contributed by atoms with Gasteiger partial charge in [0, 0.05) is 85.0 Å². The molecule has 498 valence electrons. The van der Waals surface area contributed by atoms with E-state index >= 15 is 0 Å². The summed E-state index contributed by atoms with van der Waals surface area (Å²) < 4.78 is 108. The first kappa shape index (κ1) is 70.4. The van der Waals surface area contributed by atoms with Crippen LogP contribution in [0.3, 0.4) is 0 Å². The van der Waals surface area contributed by atoms with E-state index < -0.39 is 179 Å². The molecule has 0 unspecified atom stereocenters. The number of halogens is 6. The number of aromatic nitrogens is 10. The summed E-state index contributed by atoms with van der Waals surface area (Å²) in [5.41, 5.74) is -8.57. The Balaban J connectivity index is 0.000000160. The lowest BCUT2D eigenvalue weighted by Gasteiger charge is -2.30. The van der Waals surface area contributed by atoms with Crippen LogP contribution in [-0.4, -0.2) is 178 Å². The minimum Gasteiger partial charge on any atom is -0.461 e. The SMILES string of the molecule is CCC1(CC)O[C@@H](n2ccc(=O)[nH]c2=O)[C@H](F)[C@@H]1C.C[C@H]1[C@@H](F)[C@H](n2ccc(=O)[nH]c2=O)OC1(CO)CO.C[C@H]1[C@@H](F)[C@H](n2ccc(=O)[nH]c2=O)O[C@@H]1CO.C[C@H]1[C@@H](F)[C@H]2O[C@]1(CCl)COc1nc(=O)ccn12.O=c1ccn([C@@H]2O[C@H](CO)[C@@H](O)[C@H]2F)c(=O)[nH]1. The molecule has 6 aliphatic rings. The van der Waals surface area contributed by atoms with Gasteiger partial charge in [-0.15, -0.1) is 11.6 Å². The van der Waals surface area contributed by atoms with Gasteiger partial charge in [-0.3, -0.25) is 66.7 Å². The van der Waals surface area contributed by atoms with Crippen molar-refractivity contribution in [2.75, 3.05) is 38.9 Å². The Labute approximate surface area is 509 Å². The fourth-order valence-corrected chi connectivity index (χ4v) is 11.4. The molecule has 5 aromatic heterocycles. The zero-order chi connectivity index (χ0) is 66.5. The Morgan fingerprint density at radius 1 is 0.522 bits per heavy atom. The van der Waals surface area contributed by atoms with Gasteiger partial charge in [0.2, 0.25) is 0 Å². The van der Waals surface area contributed by atoms with E-state index in [0.29, 0.717) is 12.8 Å². The van der Waals surface area contributed by atoms with E-state index in [-0.39, 0.29) is 36.9 Å². The summed E-state index contributed by atoms with van der Waals surface area (Å²) >= 11 is 5.91. The molecule has 5 saturated heterocycles. The number of aromatic amines is 4. The van der Waals surface area contributed by atoms with Crippen molar-refractivity contribution in [3.05, 3.63) is 155 Å². The molecule has 0 amide bonds. The van der Waals surface area contributed by atoms with Crippen LogP contribution in [-0.2, 0) is 23.7 Å². The van der Waals surface area contributed by atoms with Crippen molar-refractivity contribution in [3.8, 4) is 6.01 Å². The van der Waals surface area contributed by atoms with Gasteiger partial charge in [0.05, 0.1) is 44.0 Å². The van der Waals surface area contributed by atoms with Crippen LogP contribution >= 0.6 is 11.6 Å². The molecule has 18 atom stereocenters. The highest BCUT2D eigenvalue weighted by molar-refractivity contribution is 6.18. The smallest absolute Gasteiger partial charge is 0.330 e. The molecule has 30 nitrogen and oxygen atoms in total. The number of rotatable bonds is 11. The van der Waals surface area contributed by atoms with E-state index in [1.165, 1.54) is 42.2 Å². The molecular weight excluding hydrogens is 1240 g/mol. The Kier molecular flexibility index (Phi) is 22.7. The van der Waals surface area contributed by atoms with E-state index in [4.69, 9.17) is 50.2 Å². The first-order valence-electron chi connectivity index (χ1n) is 28.3. The molecular formula is C54H70ClF5N10O20. The molecule has 36 heteroatoms. The lowest BCUT2D eigenvalue weighted by Crippen LogP contribution is -2.44. The van der Waals surface area contributed by atoms with Crippen LogP contribution in [0.1, 0.15) is 85.5 Å². The third kappa shape index (κ3) is 14.0. The predicted molar refractivity (Wildman–Crippen MR) is 302 cm³/mol. The third-order valence-corrected chi connectivity index (χ3v) is 17.6. The number of aliphatic hydroxyl groups is 5. The molecule has 0 aliphatic carbocycles. The van der Waals surface area contributed by atoms with Gasteiger partial charge >= 0.3 is 28.8 Å². The Morgan fingerprint density at radius 2 is 0.900 bits per heavy atom. The first-order chi connectivity index (χ1) is 42.5. The molecule has 90 heavy (non-hydrogen) atoms. The first-order valence-corrected chi connectivity index (χ1v) is 28.8. The van der Waals surface area contributed by atoms with Crippen LogP contribution in [0.25, 0.3) is 0 Å². The van der Waals surface area contributed by atoms with Crippen LogP contribution in [0.4, 0.5) is 22.0 Å². The topological polar surface area (TPSA) is 411 Å². The minimum atomic E-state index is -1.85. The number of fused-ring (bicyclic) bond motifs is 4. The maximum atomic E-state index is 14.4. The summed E-state index contributed by atoms with van der Waals surface area (Å²) in [5.74, 6) is -1.86. The highest BCUT2D eigenvalue weighted by Crippen LogP contribution is 2.48. The lowest BCUT2D eigenvalue weighted by molar-refractivity contribution is -0.136. The maximum Gasteiger partial charge on any atom is 0.330 e. The quantitative estimate of drug-likeness (QED) is 0.0566. The Bertz CT molecular complexity index is 3620. The third-order valence-electron chi connectivity index (χ3n) is 17.1. The number of nitrogens with one attached hydrogen (secondary N) is 4. The van der Waals surface area contributed by atoms with E-state index in [0.717, 1.165) is 48.9 Å². The number of ether oxygens (including phenoxy) is 6. The van der Waals surface area contributed by atoms with Crippen molar-refractivity contribution >= 4 is 11.6 Å². The predicted octanol–water partition coefficient (Wildman–Crippen LogP) is -0.996. The highest BCUT2D eigenvalue weighted by atomic mass is 35.5. The highest BCUT2D eigenvalue weighted by Gasteiger charge is 2.57. The van der Waals surface area contributed by atoms with Gasteiger partial charge in [-0.1, -0.05) is 41.5 Å². The Morgan fingerprint density at radius 3 is 1.27 bits per heavy atom. The van der Waals surface area contributed by atoms with Gasteiger partial charge < -0.3 is 54.0 Å². The second-order valence-electron chi connectivity index (χ2n) is 22.1. The Hall–Kier alpha value is -7.06. The van der Waals surface area contributed by atoms with Gasteiger partial charge in [-0.25, -0.2) is 41.1 Å². The fraction of sp³-hybridized carbons (Fsp3) is 0.630. The van der Waals surface area contributed by atoms with Gasteiger partial charge in [-0.2, -0.15) is 4.98 Å². The van der Waals surface area contributed by atoms with Crippen LogP contribution in [0, 0.1) is 23.7 Å². The molecule has 11 heterocycles. The standard InChI is InChI=1S/C13H19FN2O3.C11H12ClFN2O3.C11H15FN2O5.C10H13FN2O4.C9H11FN2O5/c1-4-13(5-2)8(3)10(14)11(19-13)16-7-6-9(17)15-12(16)18;1-6-8(13)9-15-3-2-7(16)14-10(15)17-5-11(6,4-12)18-9;1-6-8(12)9(19-11(6,4-15)5-16)14-3-2-7(17)13-10(14)18;1-5-6(4-14)17-9(8(5)11)13-3-2-7(15)12-10(13)16;10-6-7(15)4(3-13)17-8(6)12-2-1-5(14)11-9(12)16/h6-8,10-11H,4-5H2,1-3H3,(H,15,17,18);2-3,6,8-9H,4-5H2,1H3;2-3,6,8-9,15-16H,4-5H2,1H3,(H,13,17,18);2-3,5-6,8-9,14H,4H2,1H3,(H,12,15,16);1-2,4,6-8,13,15H,3H2,(H,11,14,16)/t8-,10+,11+;6-,8+,9+,11+;6-,8+,9+;5-,6-,8-,9-;4-,6-,7-,8-/m00011/s1. The zero-order valence-corrected chi connectivity index (χ0v) is 49.8. The van der Waals surface area contributed by atoms with Crippen molar-refractivity contribution in [1.29, 1.82) is 0 Å².